The Balaban J connectivity index is 2.14. The average Bonchev–Trinajstić information content (AvgIpc) is 2.47. The number of rotatable bonds is 6. The Morgan fingerprint density at radius 3 is 2.57 bits per heavy atom. The van der Waals surface area contributed by atoms with Crippen molar-refractivity contribution < 1.29 is 23.8 Å². The Morgan fingerprint density at radius 2 is 1.90 bits per heavy atom. The van der Waals surface area contributed by atoms with Crippen molar-refractivity contribution in [1.82, 2.24) is 0 Å². The largest absolute Gasteiger partial charge is 0.497 e. The van der Waals surface area contributed by atoms with Crippen molar-refractivity contribution in [3.8, 4) is 11.5 Å². The van der Waals surface area contributed by atoms with Crippen LogP contribution >= 0.6 is 0 Å². The maximum Gasteiger partial charge on any atom is 0.314 e. The highest BCUT2D eigenvalue weighted by molar-refractivity contribution is 5.76. The molecule has 2 aromatic rings. The number of carbonyl (C=O) groups is 1. The van der Waals surface area contributed by atoms with Gasteiger partial charge in [0, 0.05) is 6.07 Å². The summed E-state index contributed by atoms with van der Waals surface area (Å²) in [6, 6.07) is 12.4. The molecule has 0 bridgehead atoms. The Labute approximate surface area is 121 Å². The molecule has 0 spiro atoms. The summed E-state index contributed by atoms with van der Waals surface area (Å²) < 4.78 is 23.5. The predicted octanol–water partition coefficient (Wildman–Crippen LogP) is 3.08. The van der Waals surface area contributed by atoms with E-state index in [-0.39, 0.29) is 6.61 Å². The Bertz CT molecular complexity index is 627. The van der Waals surface area contributed by atoms with Crippen LogP contribution in [0.2, 0.25) is 0 Å². The standard InChI is InChI=1S/C16H15FO4/c1-20-13-6-2-4-11(8-13)15(16(18)19)10-21-14-7-3-5-12(17)9-14/h2-9,15H,10H2,1H3,(H,18,19). The summed E-state index contributed by atoms with van der Waals surface area (Å²) in [6.45, 7) is -0.0913. The van der Waals surface area contributed by atoms with Gasteiger partial charge in [-0.25, -0.2) is 4.39 Å². The highest BCUT2D eigenvalue weighted by Gasteiger charge is 2.21. The van der Waals surface area contributed by atoms with Gasteiger partial charge in [0.2, 0.25) is 0 Å². The second kappa shape index (κ2) is 6.74. The SMILES string of the molecule is COc1cccc(C(COc2cccc(F)c2)C(=O)O)c1. The summed E-state index contributed by atoms with van der Waals surface area (Å²) in [5.41, 5.74) is 0.568. The van der Waals surface area contributed by atoms with Gasteiger partial charge in [0.05, 0.1) is 7.11 Å². The fourth-order valence-corrected chi connectivity index (χ4v) is 1.90. The lowest BCUT2D eigenvalue weighted by Gasteiger charge is -2.15. The number of halogens is 1. The molecule has 0 saturated heterocycles. The van der Waals surface area contributed by atoms with Crippen LogP contribution in [0.25, 0.3) is 0 Å². The van der Waals surface area contributed by atoms with Gasteiger partial charge in [-0.2, -0.15) is 0 Å². The molecule has 110 valence electrons. The van der Waals surface area contributed by atoms with Crippen molar-refractivity contribution in [2.45, 2.75) is 5.92 Å². The van der Waals surface area contributed by atoms with Crippen LogP contribution in [0.5, 0.6) is 11.5 Å². The number of methoxy groups -OCH3 is 1. The quantitative estimate of drug-likeness (QED) is 0.888. The zero-order valence-electron chi connectivity index (χ0n) is 11.5. The Morgan fingerprint density at radius 1 is 1.19 bits per heavy atom. The first-order valence-electron chi connectivity index (χ1n) is 6.35. The van der Waals surface area contributed by atoms with Gasteiger partial charge in [-0.15, -0.1) is 0 Å². The topological polar surface area (TPSA) is 55.8 Å². The van der Waals surface area contributed by atoms with Gasteiger partial charge in [0.15, 0.2) is 0 Å². The van der Waals surface area contributed by atoms with Crippen LogP contribution in [-0.4, -0.2) is 24.8 Å². The molecule has 0 saturated carbocycles. The first kappa shape index (κ1) is 14.8. The minimum absolute atomic E-state index is 0.0913. The summed E-state index contributed by atoms with van der Waals surface area (Å²) in [4.78, 5) is 11.4. The van der Waals surface area contributed by atoms with Crippen molar-refractivity contribution in [2.24, 2.45) is 0 Å². The lowest BCUT2D eigenvalue weighted by molar-refractivity contribution is -0.139. The van der Waals surface area contributed by atoms with Crippen molar-refractivity contribution in [2.75, 3.05) is 13.7 Å². The molecule has 2 rings (SSSR count). The monoisotopic (exact) mass is 290 g/mol. The maximum absolute atomic E-state index is 13.1. The van der Waals surface area contributed by atoms with E-state index in [1.54, 1.807) is 30.3 Å². The highest BCUT2D eigenvalue weighted by Crippen LogP contribution is 2.23. The van der Waals surface area contributed by atoms with E-state index < -0.39 is 17.7 Å². The Kier molecular flexibility index (Phi) is 4.77. The lowest BCUT2D eigenvalue weighted by atomic mass is 10.00. The Hall–Kier alpha value is -2.56. The minimum atomic E-state index is -1.01. The number of hydrogen-bond donors (Lipinski definition) is 1. The van der Waals surface area contributed by atoms with E-state index in [1.807, 2.05) is 0 Å². The number of aliphatic carboxylic acids is 1. The zero-order chi connectivity index (χ0) is 15.2. The summed E-state index contributed by atoms with van der Waals surface area (Å²) in [6.07, 6.45) is 0. The molecule has 21 heavy (non-hydrogen) atoms. The third-order valence-electron chi connectivity index (χ3n) is 3.01. The van der Waals surface area contributed by atoms with Gasteiger partial charge in [0.25, 0.3) is 0 Å². The molecule has 0 fully saturated rings. The molecule has 0 aliphatic carbocycles. The zero-order valence-corrected chi connectivity index (χ0v) is 11.5. The third-order valence-corrected chi connectivity index (χ3v) is 3.01. The highest BCUT2D eigenvalue weighted by atomic mass is 19.1. The van der Waals surface area contributed by atoms with Crippen LogP contribution in [0.15, 0.2) is 48.5 Å². The molecule has 0 heterocycles. The van der Waals surface area contributed by atoms with Gasteiger partial charge >= 0.3 is 5.97 Å². The van der Waals surface area contributed by atoms with E-state index in [0.717, 1.165) is 0 Å². The number of ether oxygens (including phenoxy) is 2. The van der Waals surface area contributed by atoms with Gasteiger partial charge in [-0.3, -0.25) is 4.79 Å². The number of hydrogen-bond acceptors (Lipinski definition) is 3. The fraction of sp³-hybridized carbons (Fsp3) is 0.188. The molecule has 5 heteroatoms. The molecular weight excluding hydrogens is 275 g/mol. The first-order chi connectivity index (χ1) is 10.1. The molecule has 0 aliphatic heterocycles. The summed E-state index contributed by atoms with van der Waals surface area (Å²) in [5.74, 6) is -1.43. The molecule has 1 atom stereocenters. The number of benzene rings is 2. The van der Waals surface area contributed by atoms with Crippen molar-refractivity contribution >= 4 is 5.97 Å². The van der Waals surface area contributed by atoms with Gasteiger partial charge in [-0.1, -0.05) is 18.2 Å². The normalized spacial score (nSPS) is 11.7. The molecule has 2 aromatic carbocycles. The first-order valence-corrected chi connectivity index (χ1v) is 6.35. The van der Waals surface area contributed by atoms with E-state index in [2.05, 4.69) is 0 Å². The fourth-order valence-electron chi connectivity index (χ4n) is 1.90. The van der Waals surface area contributed by atoms with Crippen LogP contribution in [0.1, 0.15) is 11.5 Å². The summed E-state index contributed by atoms with van der Waals surface area (Å²) in [5, 5.41) is 9.33. The summed E-state index contributed by atoms with van der Waals surface area (Å²) in [7, 11) is 1.51. The molecule has 1 unspecified atom stereocenters. The third kappa shape index (κ3) is 3.95. The molecule has 0 radical (unpaired) electrons. The molecule has 1 N–H and O–H groups in total. The maximum atomic E-state index is 13.1. The second-order valence-electron chi connectivity index (χ2n) is 4.44. The van der Waals surface area contributed by atoms with Crippen LogP contribution in [-0.2, 0) is 4.79 Å². The van der Waals surface area contributed by atoms with Crippen LogP contribution in [0, 0.1) is 5.82 Å². The average molecular weight is 290 g/mol. The van der Waals surface area contributed by atoms with Gasteiger partial charge in [0.1, 0.15) is 29.8 Å². The minimum Gasteiger partial charge on any atom is -0.497 e. The number of carboxylic acids is 1. The van der Waals surface area contributed by atoms with Gasteiger partial charge < -0.3 is 14.6 Å². The molecule has 0 amide bonds. The van der Waals surface area contributed by atoms with Gasteiger partial charge in [-0.05, 0) is 29.8 Å². The molecule has 0 aromatic heterocycles. The second-order valence-corrected chi connectivity index (χ2v) is 4.44. The molecule has 0 aliphatic rings. The van der Waals surface area contributed by atoms with Crippen molar-refractivity contribution in [3.63, 3.8) is 0 Å². The van der Waals surface area contributed by atoms with Crippen molar-refractivity contribution in [3.05, 3.63) is 59.9 Å². The van der Waals surface area contributed by atoms with Crippen molar-refractivity contribution in [1.29, 1.82) is 0 Å². The van der Waals surface area contributed by atoms with E-state index in [1.165, 1.54) is 25.3 Å². The lowest BCUT2D eigenvalue weighted by Crippen LogP contribution is -2.19. The van der Waals surface area contributed by atoms with E-state index in [9.17, 15) is 14.3 Å². The number of carboxylic acid groups (broad SMARTS) is 1. The molecule has 4 nitrogen and oxygen atoms in total. The van der Waals surface area contributed by atoms with Crippen LogP contribution in [0.3, 0.4) is 0 Å². The van der Waals surface area contributed by atoms with E-state index >= 15 is 0 Å². The van der Waals surface area contributed by atoms with Crippen LogP contribution < -0.4 is 9.47 Å². The summed E-state index contributed by atoms with van der Waals surface area (Å²) >= 11 is 0. The van der Waals surface area contributed by atoms with Crippen LogP contribution in [0.4, 0.5) is 4.39 Å². The van der Waals surface area contributed by atoms with E-state index in [0.29, 0.717) is 17.1 Å². The predicted molar refractivity (Wildman–Crippen MR) is 75.3 cm³/mol. The smallest absolute Gasteiger partial charge is 0.314 e. The molecular formula is C16H15FO4. The van der Waals surface area contributed by atoms with E-state index in [4.69, 9.17) is 9.47 Å².